The molecule has 1 heterocycles. The molecule has 1 atom stereocenters. The first kappa shape index (κ1) is 12.9. The third kappa shape index (κ3) is 2.35. The van der Waals surface area contributed by atoms with Crippen LogP contribution in [0.15, 0.2) is 40.2 Å². The Bertz CT molecular complexity index is 622. The molecular weight excluding hydrogens is 322 g/mol. The molecule has 1 amide bonds. The maximum atomic E-state index is 12.5. The van der Waals surface area contributed by atoms with Crippen molar-refractivity contribution in [2.45, 2.75) is 18.9 Å². The predicted molar refractivity (Wildman–Crippen MR) is 81.6 cm³/mol. The topological polar surface area (TPSA) is 20.3 Å². The molecule has 1 unspecified atom stereocenters. The van der Waals surface area contributed by atoms with E-state index >= 15 is 0 Å². The van der Waals surface area contributed by atoms with Gasteiger partial charge in [0.1, 0.15) is 0 Å². The van der Waals surface area contributed by atoms with Crippen molar-refractivity contribution in [3.8, 4) is 0 Å². The van der Waals surface area contributed by atoms with Crippen molar-refractivity contribution in [3.63, 3.8) is 0 Å². The van der Waals surface area contributed by atoms with Gasteiger partial charge in [-0.1, -0.05) is 24.3 Å². The van der Waals surface area contributed by atoms with E-state index in [-0.39, 0.29) is 11.9 Å². The molecule has 0 fully saturated rings. The minimum Gasteiger partial charge on any atom is -0.334 e. The minimum atomic E-state index is 0.109. The van der Waals surface area contributed by atoms with Gasteiger partial charge in [0.05, 0.1) is 14.7 Å². The second kappa shape index (κ2) is 5.10. The normalized spacial score (nSPS) is 17.3. The van der Waals surface area contributed by atoms with Crippen LogP contribution in [0.5, 0.6) is 0 Å². The SMILES string of the molecule is CN(C(=O)c1ccc(Br)s1)C1CCc2ccccc21. The van der Waals surface area contributed by atoms with E-state index in [0.717, 1.165) is 21.5 Å². The molecule has 0 bridgehead atoms. The molecule has 1 aliphatic rings. The fraction of sp³-hybridized carbons (Fsp3) is 0.267. The van der Waals surface area contributed by atoms with Gasteiger partial charge in [0.2, 0.25) is 0 Å². The zero-order chi connectivity index (χ0) is 13.4. The lowest BCUT2D eigenvalue weighted by Crippen LogP contribution is -2.29. The molecule has 98 valence electrons. The zero-order valence-corrected chi connectivity index (χ0v) is 13.0. The lowest BCUT2D eigenvalue weighted by molar-refractivity contribution is 0.0735. The number of carbonyl (C=O) groups excluding carboxylic acids is 1. The summed E-state index contributed by atoms with van der Waals surface area (Å²) in [5, 5.41) is 0. The smallest absolute Gasteiger partial charge is 0.264 e. The van der Waals surface area contributed by atoms with Crippen molar-refractivity contribution in [2.24, 2.45) is 0 Å². The van der Waals surface area contributed by atoms with Gasteiger partial charge in [0.15, 0.2) is 0 Å². The van der Waals surface area contributed by atoms with E-state index in [9.17, 15) is 4.79 Å². The van der Waals surface area contributed by atoms with Crippen molar-refractivity contribution < 1.29 is 4.79 Å². The number of nitrogens with zero attached hydrogens (tertiary/aromatic N) is 1. The van der Waals surface area contributed by atoms with Crippen LogP contribution in [-0.2, 0) is 6.42 Å². The molecule has 2 aromatic rings. The maximum absolute atomic E-state index is 12.5. The first-order valence-electron chi connectivity index (χ1n) is 6.27. The number of halogens is 1. The largest absolute Gasteiger partial charge is 0.334 e. The second-order valence-corrected chi connectivity index (χ2v) is 7.24. The highest BCUT2D eigenvalue weighted by molar-refractivity contribution is 9.11. The first-order chi connectivity index (χ1) is 9.16. The summed E-state index contributed by atoms with van der Waals surface area (Å²) in [4.78, 5) is 15.1. The summed E-state index contributed by atoms with van der Waals surface area (Å²) in [6.07, 6.45) is 2.08. The minimum absolute atomic E-state index is 0.109. The molecule has 0 saturated heterocycles. The fourth-order valence-corrected chi connectivity index (χ4v) is 4.05. The quantitative estimate of drug-likeness (QED) is 0.802. The monoisotopic (exact) mass is 335 g/mol. The Morgan fingerprint density at radius 3 is 2.84 bits per heavy atom. The molecule has 0 radical (unpaired) electrons. The van der Waals surface area contributed by atoms with Gasteiger partial charge >= 0.3 is 0 Å². The Kier molecular flexibility index (Phi) is 3.46. The van der Waals surface area contributed by atoms with Gasteiger partial charge in [-0.05, 0) is 52.0 Å². The van der Waals surface area contributed by atoms with Crippen LogP contribution >= 0.6 is 27.3 Å². The molecule has 1 aliphatic carbocycles. The molecule has 0 N–H and O–H groups in total. The number of aryl methyl sites for hydroxylation is 1. The maximum Gasteiger partial charge on any atom is 0.264 e. The highest BCUT2D eigenvalue weighted by Gasteiger charge is 2.29. The molecule has 1 aromatic carbocycles. The van der Waals surface area contributed by atoms with Crippen molar-refractivity contribution in [1.29, 1.82) is 0 Å². The lowest BCUT2D eigenvalue weighted by atomic mass is 10.1. The van der Waals surface area contributed by atoms with E-state index in [4.69, 9.17) is 0 Å². The first-order valence-corrected chi connectivity index (χ1v) is 7.88. The average molecular weight is 336 g/mol. The number of amides is 1. The van der Waals surface area contributed by atoms with Gasteiger partial charge in [-0.25, -0.2) is 0 Å². The highest BCUT2D eigenvalue weighted by atomic mass is 79.9. The van der Waals surface area contributed by atoms with E-state index in [2.05, 4.69) is 40.2 Å². The average Bonchev–Trinajstić information content (AvgIpc) is 3.03. The van der Waals surface area contributed by atoms with Gasteiger partial charge in [-0.3, -0.25) is 4.79 Å². The predicted octanol–water partition coefficient (Wildman–Crippen LogP) is 4.27. The summed E-state index contributed by atoms with van der Waals surface area (Å²) < 4.78 is 0.996. The van der Waals surface area contributed by atoms with Crippen LogP contribution in [-0.4, -0.2) is 17.9 Å². The van der Waals surface area contributed by atoms with Crippen molar-refractivity contribution in [2.75, 3.05) is 7.05 Å². The molecular formula is C15H14BrNOS. The molecule has 2 nitrogen and oxygen atoms in total. The van der Waals surface area contributed by atoms with Crippen molar-refractivity contribution in [1.82, 2.24) is 4.90 Å². The van der Waals surface area contributed by atoms with Crippen LogP contribution in [0.1, 0.15) is 33.3 Å². The molecule has 3 rings (SSSR count). The van der Waals surface area contributed by atoms with E-state index in [0.29, 0.717) is 0 Å². The Labute approximate surface area is 125 Å². The van der Waals surface area contributed by atoms with E-state index in [1.165, 1.54) is 22.5 Å². The summed E-state index contributed by atoms with van der Waals surface area (Å²) in [6.45, 7) is 0. The summed E-state index contributed by atoms with van der Waals surface area (Å²) in [6, 6.07) is 12.4. The number of rotatable bonds is 2. The van der Waals surface area contributed by atoms with Gasteiger partial charge in [-0.15, -0.1) is 11.3 Å². The van der Waals surface area contributed by atoms with Crippen LogP contribution in [0.2, 0.25) is 0 Å². The molecule has 0 spiro atoms. The van der Waals surface area contributed by atoms with Gasteiger partial charge in [0, 0.05) is 7.05 Å². The molecule has 0 saturated carbocycles. The van der Waals surface area contributed by atoms with Crippen LogP contribution in [0, 0.1) is 0 Å². The van der Waals surface area contributed by atoms with Crippen LogP contribution in [0.25, 0.3) is 0 Å². The van der Waals surface area contributed by atoms with E-state index < -0.39 is 0 Å². The Morgan fingerprint density at radius 1 is 1.32 bits per heavy atom. The number of benzene rings is 1. The zero-order valence-electron chi connectivity index (χ0n) is 10.6. The second-order valence-electron chi connectivity index (χ2n) is 4.77. The molecule has 0 aliphatic heterocycles. The number of carbonyl (C=O) groups is 1. The third-order valence-electron chi connectivity index (χ3n) is 3.67. The van der Waals surface area contributed by atoms with Crippen LogP contribution < -0.4 is 0 Å². The molecule has 19 heavy (non-hydrogen) atoms. The Balaban J connectivity index is 1.86. The van der Waals surface area contributed by atoms with Crippen molar-refractivity contribution >= 4 is 33.2 Å². The standard InChI is InChI=1S/C15H14BrNOS/c1-17(15(18)13-8-9-14(16)19-13)12-7-6-10-4-2-3-5-11(10)12/h2-5,8-9,12H,6-7H2,1H3. The van der Waals surface area contributed by atoms with Crippen LogP contribution in [0.3, 0.4) is 0 Å². The number of hydrogen-bond acceptors (Lipinski definition) is 2. The summed E-state index contributed by atoms with van der Waals surface area (Å²) >= 11 is 4.90. The Morgan fingerprint density at radius 2 is 2.11 bits per heavy atom. The van der Waals surface area contributed by atoms with Gasteiger partial charge in [-0.2, -0.15) is 0 Å². The lowest BCUT2D eigenvalue weighted by Gasteiger charge is -2.25. The number of hydrogen-bond donors (Lipinski definition) is 0. The summed E-state index contributed by atoms with van der Waals surface area (Å²) in [5.41, 5.74) is 2.67. The number of fused-ring (bicyclic) bond motifs is 1. The summed E-state index contributed by atoms with van der Waals surface area (Å²) in [5.74, 6) is 0.109. The van der Waals surface area contributed by atoms with E-state index in [1.807, 2.05) is 24.1 Å². The van der Waals surface area contributed by atoms with Gasteiger partial charge < -0.3 is 4.90 Å². The van der Waals surface area contributed by atoms with Crippen LogP contribution in [0.4, 0.5) is 0 Å². The molecule has 4 heteroatoms. The molecule has 1 aromatic heterocycles. The fourth-order valence-electron chi connectivity index (χ4n) is 2.68. The van der Waals surface area contributed by atoms with Gasteiger partial charge in [0.25, 0.3) is 5.91 Å². The summed E-state index contributed by atoms with van der Waals surface area (Å²) in [7, 11) is 1.91. The Hall–Kier alpha value is -1.13. The third-order valence-corrected chi connectivity index (χ3v) is 5.28. The van der Waals surface area contributed by atoms with E-state index in [1.54, 1.807) is 0 Å². The number of thiophene rings is 1. The van der Waals surface area contributed by atoms with Crippen molar-refractivity contribution in [3.05, 3.63) is 56.2 Å². The highest BCUT2D eigenvalue weighted by Crippen LogP contribution is 2.36.